The normalized spacial score (nSPS) is 10.0. The molecule has 0 amide bonds. The molecule has 0 aliphatic heterocycles. The van der Waals surface area contributed by atoms with Crippen LogP contribution in [0.2, 0.25) is 0 Å². The average Bonchev–Trinajstić information content (AvgIpc) is 1.89. The highest BCUT2D eigenvalue weighted by Gasteiger charge is 1.86. The van der Waals surface area contributed by atoms with Gasteiger partial charge in [-0.1, -0.05) is 32.6 Å². The first kappa shape index (κ1) is 8.96. The zero-order valence-electron chi connectivity index (χ0n) is 6.27. The van der Waals surface area contributed by atoms with Gasteiger partial charge in [-0.15, -0.1) is 0 Å². The third kappa shape index (κ3) is 7.96. The van der Waals surface area contributed by atoms with Gasteiger partial charge in [-0.2, -0.15) is 0 Å². The van der Waals surface area contributed by atoms with Gasteiger partial charge in [0.15, 0.2) is 0 Å². The van der Waals surface area contributed by atoms with Gasteiger partial charge < -0.3 is 5.11 Å². The van der Waals surface area contributed by atoms with Gasteiger partial charge in [-0.3, -0.25) is 0 Å². The molecule has 0 aromatic heterocycles. The average molecular weight is 129 g/mol. The summed E-state index contributed by atoms with van der Waals surface area (Å²) in [5.41, 5.74) is 0. The molecule has 0 aliphatic rings. The molecule has 1 radical (unpaired) electrons. The summed E-state index contributed by atoms with van der Waals surface area (Å²) >= 11 is 0. The largest absolute Gasteiger partial charge is 0.396 e. The van der Waals surface area contributed by atoms with Crippen molar-refractivity contribution in [2.75, 3.05) is 6.61 Å². The highest BCUT2D eigenvalue weighted by Crippen LogP contribution is 2.03. The Labute approximate surface area is 58.1 Å². The monoisotopic (exact) mass is 129 g/mol. The van der Waals surface area contributed by atoms with Crippen molar-refractivity contribution in [3.8, 4) is 0 Å². The van der Waals surface area contributed by atoms with Crippen molar-refractivity contribution in [2.24, 2.45) is 0 Å². The third-order valence-electron chi connectivity index (χ3n) is 1.40. The molecule has 55 valence electrons. The minimum absolute atomic E-state index is 0.357. The maximum Gasteiger partial charge on any atom is 0.0431 e. The molecule has 1 N–H and O–H groups in total. The van der Waals surface area contributed by atoms with Crippen LogP contribution in [0, 0.1) is 6.42 Å². The van der Waals surface area contributed by atoms with Crippen LogP contribution in [0.15, 0.2) is 0 Å². The van der Waals surface area contributed by atoms with Crippen LogP contribution in [0.25, 0.3) is 0 Å². The van der Waals surface area contributed by atoms with Crippen LogP contribution in [0.3, 0.4) is 0 Å². The van der Waals surface area contributed by atoms with Crippen LogP contribution in [0.5, 0.6) is 0 Å². The topological polar surface area (TPSA) is 20.2 Å². The minimum atomic E-state index is 0.357. The quantitative estimate of drug-likeness (QED) is 0.545. The van der Waals surface area contributed by atoms with Gasteiger partial charge in [-0.05, 0) is 12.8 Å². The predicted octanol–water partition coefficient (Wildman–Crippen LogP) is 2.15. The summed E-state index contributed by atoms with van der Waals surface area (Å²) in [5, 5.41) is 8.41. The van der Waals surface area contributed by atoms with Crippen molar-refractivity contribution in [2.45, 2.75) is 39.0 Å². The molecule has 0 aliphatic carbocycles. The molecular formula is C8H17O. The lowest BCUT2D eigenvalue weighted by molar-refractivity contribution is 0.282. The highest BCUT2D eigenvalue weighted by molar-refractivity contribution is 4.54. The summed E-state index contributed by atoms with van der Waals surface area (Å²) in [4.78, 5) is 0. The van der Waals surface area contributed by atoms with E-state index in [4.69, 9.17) is 5.11 Å². The number of hydrogen-bond donors (Lipinski definition) is 1. The van der Waals surface area contributed by atoms with Crippen molar-refractivity contribution in [3.63, 3.8) is 0 Å². The van der Waals surface area contributed by atoms with Crippen LogP contribution in [-0.2, 0) is 0 Å². The molecule has 0 bridgehead atoms. The standard InChI is InChI=1S/C8H17O/c1-2-3-4-5-6-7-8-9/h2,9H,3-8H2,1H3. The fourth-order valence-corrected chi connectivity index (χ4v) is 0.814. The second kappa shape index (κ2) is 7.96. The molecule has 0 aromatic rings. The number of aliphatic hydroxyl groups is 1. The molecular weight excluding hydrogens is 112 g/mol. The van der Waals surface area contributed by atoms with Gasteiger partial charge in [0.1, 0.15) is 0 Å². The first-order valence-corrected chi connectivity index (χ1v) is 3.80. The van der Waals surface area contributed by atoms with E-state index in [2.05, 4.69) is 13.3 Å². The molecule has 0 saturated heterocycles. The zero-order valence-corrected chi connectivity index (χ0v) is 6.27. The Balaban J connectivity index is 2.60. The zero-order chi connectivity index (χ0) is 6.95. The van der Waals surface area contributed by atoms with E-state index in [1.165, 1.54) is 25.7 Å². The summed E-state index contributed by atoms with van der Waals surface area (Å²) in [6, 6.07) is 0. The van der Waals surface area contributed by atoms with E-state index in [0.29, 0.717) is 6.61 Å². The van der Waals surface area contributed by atoms with Crippen LogP contribution in [0.1, 0.15) is 39.0 Å². The third-order valence-corrected chi connectivity index (χ3v) is 1.40. The van der Waals surface area contributed by atoms with Gasteiger partial charge in [0.05, 0.1) is 0 Å². The van der Waals surface area contributed by atoms with Crippen molar-refractivity contribution >= 4 is 0 Å². The Morgan fingerprint density at radius 1 is 1.11 bits per heavy atom. The lowest BCUT2D eigenvalue weighted by Crippen LogP contribution is -1.82. The molecule has 0 aromatic carbocycles. The Morgan fingerprint density at radius 2 is 1.78 bits per heavy atom. The van der Waals surface area contributed by atoms with E-state index in [0.717, 1.165) is 6.42 Å². The summed E-state index contributed by atoms with van der Waals surface area (Å²) < 4.78 is 0. The lowest BCUT2D eigenvalue weighted by Gasteiger charge is -1.95. The van der Waals surface area contributed by atoms with E-state index in [9.17, 15) is 0 Å². The van der Waals surface area contributed by atoms with Gasteiger partial charge >= 0.3 is 0 Å². The Kier molecular flexibility index (Phi) is 7.92. The minimum Gasteiger partial charge on any atom is -0.396 e. The fourth-order valence-electron chi connectivity index (χ4n) is 0.814. The number of hydrogen-bond acceptors (Lipinski definition) is 1. The van der Waals surface area contributed by atoms with E-state index in [-0.39, 0.29) is 0 Å². The number of rotatable bonds is 6. The molecule has 1 nitrogen and oxygen atoms in total. The first-order valence-electron chi connectivity index (χ1n) is 3.80. The number of unbranched alkanes of at least 4 members (excludes halogenated alkanes) is 5. The Hall–Kier alpha value is -0.0400. The molecule has 0 atom stereocenters. The van der Waals surface area contributed by atoms with Crippen molar-refractivity contribution < 1.29 is 5.11 Å². The predicted molar refractivity (Wildman–Crippen MR) is 40.1 cm³/mol. The second-order valence-corrected chi connectivity index (χ2v) is 2.33. The van der Waals surface area contributed by atoms with Crippen molar-refractivity contribution in [3.05, 3.63) is 6.42 Å². The molecule has 0 heterocycles. The molecule has 1 heteroatoms. The highest BCUT2D eigenvalue weighted by atomic mass is 16.2. The molecule has 0 spiro atoms. The van der Waals surface area contributed by atoms with Gasteiger partial charge in [0.2, 0.25) is 0 Å². The van der Waals surface area contributed by atoms with Crippen LogP contribution in [0.4, 0.5) is 0 Å². The van der Waals surface area contributed by atoms with Gasteiger partial charge in [0, 0.05) is 6.61 Å². The molecule has 0 rings (SSSR count). The van der Waals surface area contributed by atoms with E-state index < -0.39 is 0 Å². The molecule has 0 fully saturated rings. The first-order chi connectivity index (χ1) is 4.41. The van der Waals surface area contributed by atoms with Crippen LogP contribution >= 0.6 is 0 Å². The van der Waals surface area contributed by atoms with E-state index in [1.54, 1.807) is 0 Å². The van der Waals surface area contributed by atoms with E-state index in [1.807, 2.05) is 0 Å². The molecule has 0 unspecified atom stereocenters. The smallest absolute Gasteiger partial charge is 0.0431 e. The molecule has 0 saturated carbocycles. The van der Waals surface area contributed by atoms with Crippen molar-refractivity contribution in [1.82, 2.24) is 0 Å². The van der Waals surface area contributed by atoms with Gasteiger partial charge in [0.25, 0.3) is 0 Å². The Bertz CT molecular complexity index is 37.8. The maximum absolute atomic E-state index is 8.41. The van der Waals surface area contributed by atoms with Crippen LogP contribution in [-0.4, -0.2) is 11.7 Å². The van der Waals surface area contributed by atoms with Gasteiger partial charge in [-0.25, -0.2) is 0 Å². The summed E-state index contributed by atoms with van der Waals surface area (Å²) in [7, 11) is 0. The Morgan fingerprint density at radius 3 is 2.33 bits per heavy atom. The summed E-state index contributed by atoms with van der Waals surface area (Å²) in [6.45, 7) is 2.45. The lowest BCUT2D eigenvalue weighted by atomic mass is 10.1. The SMILES string of the molecule is C[CH]CCCCCCO. The molecule has 9 heavy (non-hydrogen) atoms. The van der Waals surface area contributed by atoms with Crippen molar-refractivity contribution in [1.29, 1.82) is 0 Å². The second-order valence-electron chi connectivity index (χ2n) is 2.33. The van der Waals surface area contributed by atoms with Crippen LogP contribution < -0.4 is 0 Å². The maximum atomic E-state index is 8.41. The fraction of sp³-hybridized carbons (Fsp3) is 0.875. The summed E-state index contributed by atoms with van der Waals surface area (Å²) in [6.07, 6.45) is 8.14. The number of aliphatic hydroxyl groups excluding tert-OH is 1. The summed E-state index contributed by atoms with van der Waals surface area (Å²) in [5.74, 6) is 0. The van der Waals surface area contributed by atoms with E-state index >= 15 is 0 Å².